The van der Waals surface area contributed by atoms with E-state index in [2.05, 4.69) is 5.32 Å². The van der Waals surface area contributed by atoms with Gasteiger partial charge >= 0.3 is 6.18 Å². The lowest BCUT2D eigenvalue weighted by Gasteiger charge is -2.13. The SMILES string of the molecule is O=C(Cn1cccc(C(F)(F)F)c1=O)Nc1ccccc1Oc1ccccc1. The Morgan fingerprint density at radius 3 is 2.36 bits per heavy atom. The van der Waals surface area contributed by atoms with Crippen LogP contribution < -0.4 is 15.6 Å². The predicted octanol–water partition coefficient (Wildman–Crippen LogP) is 4.30. The third-order valence-corrected chi connectivity index (χ3v) is 3.77. The molecule has 0 bridgehead atoms. The lowest BCUT2D eigenvalue weighted by atomic mass is 10.2. The molecule has 144 valence electrons. The van der Waals surface area contributed by atoms with Gasteiger partial charge in [-0.2, -0.15) is 13.2 Å². The minimum Gasteiger partial charge on any atom is -0.455 e. The molecule has 2 aromatic carbocycles. The average molecular weight is 388 g/mol. The molecule has 8 heteroatoms. The fourth-order valence-electron chi connectivity index (χ4n) is 2.50. The molecule has 28 heavy (non-hydrogen) atoms. The number of benzene rings is 2. The van der Waals surface area contributed by atoms with Crippen molar-refractivity contribution >= 4 is 11.6 Å². The lowest BCUT2D eigenvalue weighted by molar-refractivity contribution is -0.139. The highest BCUT2D eigenvalue weighted by Crippen LogP contribution is 2.29. The fourth-order valence-corrected chi connectivity index (χ4v) is 2.50. The first-order chi connectivity index (χ1) is 13.3. The molecular weight excluding hydrogens is 373 g/mol. The summed E-state index contributed by atoms with van der Waals surface area (Å²) in [5.74, 6) is 0.252. The van der Waals surface area contributed by atoms with Gasteiger partial charge in [0.25, 0.3) is 5.56 Å². The van der Waals surface area contributed by atoms with Gasteiger partial charge in [-0.05, 0) is 36.4 Å². The molecule has 0 unspecified atom stereocenters. The molecule has 3 rings (SSSR count). The van der Waals surface area contributed by atoms with Crippen LogP contribution in [-0.4, -0.2) is 10.5 Å². The minimum absolute atomic E-state index is 0.330. The highest BCUT2D eigenvalue weighted by molar-refractivity contribution is 5.92. The zero-order valence-electron chi connectivity index (χ0n) is 14.4. The van der Waals surface area contributed by atoms with Crippen LogP contribution in [-0.2, 0) is 17.5 Å². The second-order valence-corrected chi connectivity index (χ2v) is 5.81. The number of pyridine rings is 1. The maximum Gasteiger partial charge on any atom is 0.421 e. The van der Waals surface area contributed by atoms with Crippen LogP contribution in [0.25, 0.3) is 0 Å². The largest absolute Gasteiger partial charge is 0.455 e. The van der Waals surface area contributed by atoms with Gasteiger partial charge in [0.15, 0.2) is 5.75 Å². The normalized spacial score (nSPS) is 11.1. The van der Waals surface area contributed by atoms with Crippen LogP contribution in [0.3, 0.4) is 0 Å². The number of rotatable bonds is 5. The van der Waals surface area contributed by atoms with Crippen molar-refractivity contribution in [1.29, 1.82) is 0 Å². The Morgan fingerprint density at radius 1 is 0.964 bits per heavy atom. The number of halogens is 3. The molecule has 0 aliphatic rings. The Labute approximate surface area is 158 Å². The number of carbonyl (C=O) groups is 1. The van der Waals surface area contributed by atoms with E-state index in [1.165, 1.54) is 0 Å². The minimum atomic E-state index is -4.79. The van der Waals surface area contributed by atoms with E-state index in [9.17, 15) is 22.8 Å². The van der Waals surface area contributed by atoms with Gasteiger partial charge in [-0.1, -0.05) is 30.3 Å². The number of para-hydroxylation sites is 3. The van der Waals surface area contributed by atoms with E-state index in [1.54, 1.807) is 48.5 Å². The summed E-state index contributed by atoms with van der Waals surface area (Å²) in [5, 5.41) is 2.56. The quantitative estimate of drug-likeness (QED) is 0.709. The highest BCUT2D eigenvalue weighted by atomic mass is 19.4. The van der Waals surface area contributed by atoms with E-state index in [0.717, 1.165) is 12.3 Å². The first kappa shape index (κ1) is 19.2. The van der Waals surface area contributed by atoms with E-state index in [-0.39, 0.29) is 0 Å². The molecular formula is C20H15F3N2O3. The third kappa shape index (κ3) is 4.59. The van der Waals surface area contributed by atoms with Crippen molar-refractivity contribution in [3.63, 3.8) is 0 Å². The van der Waals surface area contributed by atoms with Crippen LogP contribution in [0, 0.1) is 0 Å². The number of hydrogen-bond donors (Lipinski definition) is 1. The Kier molecular flexibility index (Phi) is 5.49. The van der Waals surface area contributed by atoms with E-state index >= 15 is 0 Å². The number of nitrogens with zero attached hydrogens (tertiary/aromatic N) is 1. The summed E-state index contributed by atoms with van der Waals surface area (Å²) in [6.45, 7) is -0.567. The summed E-state index contributed by atoms with van der Waals surface area (Å²) in [7, 11) is 0. The molecule has 0 atom stereocenters. The van der Waals surface area contributed by atoms with Crippen molar-refractivity contribution in [2.24, 2.45) is 0 Å². The average Bonchev–Trinajstić information content (AvgIpc) is 2.65. The highest BCUT2D eigenvalue weighted by Gasteiger charge is 2.34. The number of nitrogens with one attached hydrogen (secondary N) is 1. The summed E-state index contributed by atoms with van der Waals surface area (Å²) in [4.78, 5) is 24.2. The van der Waals surface area contributed by atoms with Gasteiger partial charge in [-0.3, -0.25) is 9.59 Å². The van der Waals surface area contributed by atoms with E-state index in [0.29, 0.717) is 27.8 Å². The molecule has 0 spiro atoms. The van der Waals surface area contributed by atoms with Crippen molar-refractivity contribution in [2.75, 3.05) is 5.32 Å². The van der Waals surface area contributed by atoms with Crippen molar-refractivity contribution in [3.05, 3.63) is 88.8 Å². The lowest BCUT2D eigenvalue weighted by Crippen LogP contribution is -2.32. The molecule has 1 heterocycles. The van der Waals surface area contributed by atoms with E-state index in [1.807, 2.05) is 6.07 Å². The monoisotopic (exact) mass is 388 g/mol. The molecule has 0 fully saturated rings. The van der Waals surface area contributed by atoms with Crippen molar-refractivity contribution in [1.82, 2.24) is 4.57 Å². The zero-order chi connectivity index (χ0) is 20.1. The molecule has 1 N–H and O–H groups in total. The van der Waals surface area contributed by atoms with Crippen molar-refractivity contribution in [3.8, 4) is 11.5 Å². The van der Waals surface area contributed by atoms with Crippen molar-refractivity contribution in [2.45, 2.75) is 12.7 Å². The van der Waals surface area contributed by atoms with Crippen LogP contribution in [0.2, 0.25) is 0 Å². The fraction of sp³-hybridized carbons (Fsp3) is 0.100. The maximum absolute atomic E-state index is 12.8. The molecule has 3 aromatic rings. The summed E-state index contributed by atoms with van der Waals surface area (Å²) in [6, 6.07) is 17.2. The summed E-state index contributed by atoms with van der Waals surface area (Å²) in [5.41, 5.74) is -2.27. The Hall–Kier alpha value is -3.55. The number of anilines is 1. The molecule has 0 saturated heterocycles. The zero-order valence-corrected chi connectivity index (χ0v) is 14.4. The number of ether oxygens (including phenoxy) is 1. The number of hydrogen-bond acceptors (Lipinski definition) is 3. The summed E-state index contributed by atoms with van der Waals surface area (Å²) >= 11 is 0. The molecule has 0 aliphatic heterocycles. The molecule has 0 saturated carbocycles. The molecule has 1 aromatic heterocycles. The standard InChI is InChI=1S/C20H15F3N2O3/c21-20(22,23)15-9-6-12-25(19(15)27)13-18(26)24-16-10-4-5-11-17(16)28-14-7-2-1-3-8-14/h1-12H,13H2,(H,24,26). The Morgan fingerprint density at radius 2 is 1.64 bits per heavy atom. The van der Waals surface area contributed by atoms with Crippen LogP contribution >= 0.6 is 0 Å². The molecule has 1 amide bonds. The van der Waals surface area contributed by atoms with Crippen LogP contribution in [0.1, 0.15) is 5.56 Å². The number of amides is 1. The van der Waals surface area contributed by atoms with E-state index in [4.69, 9.17) is 4.74 Å². The van der Waals surface area contributed by atoms with Gasteiger partial charge in [0.05, 0.1) is 5.69 Å². The van der Waals surface area contributed by atoms with Crippen LogP contribution in [0.5, 0.6) is 11.5 Å². The first-order valence-electron chi connectivity index (χ1n) is 8.23. The van der Waals surface area contributed by atoms with Gasteiger partial charge in [0.1, 0.15) is 17.9 Å². The van der Waals surface area contributed by atoms with Gasteiger partial charge in [0.2, 0.25) is 5.91 Å². The third-order valence-electron chi connectivity index (χ3n) is 3.77. The topological polar surface area (TPSA) is 60.3 Å². The first-order valence-corrected chi connectivity index (χ1v) is 8.23. The second-order valence-electron chi connectivity index (χ2n) is 5.81. The predicted molar refractivity (Wildman–Crippen MR) is 97.3 cm³/mol. The van der Waals surface area contributed by atoms with Crippen LogP contribution in [0.15, 0.2) is 77.7 Å². The molecule has 0 aliphatic carbocycles. The van der Waals surface area contributed by atoms with Gasteiger partial charge < -0.3 is 14.6 Å². The Balaban J connectivity index is 1.77. The number of alkyl halides is 3. The van der Waals surface area contributed by atoms with Gasteiger partial charge in [-0.15, -0.1) is 0 Å². The summed E-state index contributed by atoms with van der Waals surface area (Å²) in [6.07, 6.45) is -3.66. The maximum atomic E-state index is 12.8. The number of carbonyl (C=O) groups excluding carboxylic acids is 1. The smallest absolute Gasteiger partial charge is 0.421 e. The Bertz CT molecular complexity index is 1030. The van der Waals surface area contributed by atoms with Gasteiger partial charge in [-0.25, -0.2) is 0 Å². The molecule has 5 nitrogen and oxygen atoms in total. The van der Waals surface area contributed by atoms with Crippen LogP contribution in [0.4, 0.5) is 18.9 Å². The second kappa shape index (κ2) is 7.99. The summed E-state index contributed by atoms with van der Waals surface area (Å²) < 4.78 is 45.0. The van der Waals surface area contributed by atoms with Crippen molar-refractivity contribution < 1.29 is 22.7 Å². The van der Waals surface area contributed by atoms with E-state index < -0.39 is 29.8 Å². The number of aromatic nitrogens is 1. The van der Waals surface area contributed by atoms with Gasteiger partial charge in [0, 0.05) is 6.20 Å². The molecule has 0 radical (unpaired) electrons.